The molecule has 0 spiro atoms. The minimum Gasteiger partial charge on any atom is -0.384 e. The molecule has 1 atom stereocenters. The smallest absolute Gasteiger partial charge is 0.224 e. The second-order valence-electron chi connectivity index (χ2n) is 5.66. The van der Waals surface area contributed by atoms with Gasteiger partial charge in [0.1, 0.15) is 11.4 Å². The molecule has 0 saturated carbocycles. The second kappa shape index (κ2) is 6.71. The number of carbonyl (C=O) groups is 1. The Hall–Kier alpha value is -2.20. The van der Waals surface area contributed by atoms with Gasteiger partial charge in [-0.1, -0.05) is 36.4 Å². The zero-order valence-corrected chi connectivity index (χ0v) is 12.8. The maximum absolute atomic E-state index is 12.9. The van der Waals surface area contributed by atoms with Crippen molar-refractivity contribution in [2.24, 2.45) is 0 Å². The van der Waals surface area contributed by atoms with Crippen molar-refractivity contribution in [3.8, 4) is 0 Å². The first-order chi connectivity index (χ1) is 10.4. The molecular formula is C18H20FNO2. The molecule has 4 heteroatoms. The molecule has 0 saturated heterocycles. The average molecular weight is 301 g/mol. The third-order valence-electron chi connectivity index (χ3n) is 3.71. The van der Waals surface area contributed by atoms with Gasteiger partial charge >= 0.3 is 0 Å². The zero-order chi connectivity index (χ0) is 16.2. The lowest BCUT2D eigenvalue weighted by atomic mass is 9.96. The van der Waals surface area contributed by atoms with Crippen molar-refractivity contribution in [2.45, 2.75) is 25.9 Å². The van der Waals surface area contributed by atoms with Crippen molar-refractivity contribution < 1.29 is 14.3 Å². The molecule has 116 valence electrons. The maximum atomic E-state index is 12.9. The lowest BCUT2D eigenvalue weighted by molar-refractivity contribution is -0.121. The van der Waals surface area contributed by atoms with Gasteiger partial charge < -0.3 is 10.4 Å². The predicted molar refractivity (Wildman–Crippen MR) is 83.9 cm³/mol. The van der Waals surface area contributed by atoms with Crippen LogP contribution in [0.25, 0.3) is 0 Å². The molecule has 0 heterocycles. The summed E-state index contributed by atoms with van der Waals surface area (Å²) in [5.41, 5.74) is 1.34. The van der Waals surface area contributed by atoms with E-state index in [-0.39, 0.29) is 24.7 Å². The number of aryl methyl sites for hydroxylation is 1. The zero-order valence-electron chi connectivity index (χ0n) is 12.8. The summed E-state index contributed by atoms with van der Waals surface area (Å²) in [5, 5.41) is 13.1. The van der Waals surface area contributed by atoms with E-state index >= 15 is 0 Å². The first-order valence-electron chi connectivity index (χ1n) is 7.18. The Bertz CT molecular complexity index is 650. The Kier molecular flexibility index (Phi) is 4.93. The van der Waals surface area contributed by atoms with Gasteiger partial charge in [0, 0.05) is 0 Å². The van der Waals surface area contributed by atoms with Gasteiger partial charge in [0.25, 0.3) is 0 Å². The number of hydrogen-bond donors (Lipinski definition) is 2. The molecule has 0 bridgehead atoms. The van der Waals surface area contributed by atoms with Crippen LogP contribution >= 0.6 is 0 Å². The minimum atomic E-state index is -1.24. The monoisotopic (exact) mass is 301 g/mol. The van der Waals surface area contributed by atoms with Crippen LogP contribution in [0.2, 0.25) is 0 Å². The predicted octanol–water partition coefficient (Wildman–Crippen LogP) is 2.70. The van der Waals surface area contributed by atoms with E-state index in [1.807, 2.05) is 31.2 Å². The fourth-order valence-electron chi connectivity index (χ4n) is 2.23. The van der Waals surface area contributed by atoms with Gasteiger partial charge in [-0.25, -0.2) is 4.39 Å². The van der Waals surface area contributed by atoms with E-state index in [0.29, 0.717) is 5.56 Å². The highest BCUT2D eigenvalue weighted by Crippen LogP contribution is 2.20. The van der Waals surface area contributed by atoms with Gasteiger partial charge in [-0.15, -0.1) is 0 Å². The molecule has 3 nitrogen and oxygen atoms in total. The normalized spacial score (nSPS) is 13.5. The molecule has 0 aliphatic heterocycles. The summed E-state index contributed by atoms with van der Waals surface area (Å²) in [6.07, 6.45) is 0.270. The van der Waals surface area contributed by atoms with Crippen molar-refractivity contribution in [2.75, 3.05) is 6.54 Å². The summed E-state index contributed by atoms with van der Waals surface area (Å²) in [6.45, 7) is 3.62. The van der Waals surface area contributed by atoms with Gasteiger partial charge in [-0.2, -0.15) is 0 Å². The summed E-state index contributed by atoms with van der Waals surface area (Å²) in [6, 6.07) is 13.3. The topological polar surface area (TPSA) is 49.3 Å². The molecule has 1 amide bonds. The van der Waals surface area contributed by atoms with Gasteiger partial charge in [0.15, 0.2) is 0 Å². The molecule has 22 heavy (non-hydrogen) atoms. The molecule has 0 aliphatic carbocycles. The van der Waals surface area contributed by atoms with Crippen LogP contribution in [0.1, 0.15) is 23.6 Å². The fourth-order valence-corrected chi connectivity index (χ4v) is 2.23. The fraction of sp³-hybridized carbons (Fsp3) is 0.278. The van der Waals surface area contributed by atoms with Crippen molar-refractivity contribution in [3.05, 3.63) is 71.0 Å². The van der Waals surface area contributed by atoms with Gasteiger partial charge in [-0.3, -0.25) is 4.79 Å². The number of rotatable bonds is 5. The van der Waals surface area contributed by atoms with Crippen LogP contribution in [0.15, 0.2) is 48.5 Å². The molecule has 2 aromatic carbocycles. The van der Waals surface area contributed by atoms with E-state index < -0.39 is 5.60 Å². The Morgan fingerprint density at radius 2 is 1.82 bits per heavy atom. The van der Waals surface area contributed by atoms with E-state index in [4.69, 9.17) is 0 Å². The number of carbonyl (C=O) groups excluding carboxylic acids is 1. The molecule has 0 fully saturated rings. The van der Waals surface area contributed by atoms with Crippen LogP contribution in [0.3, 0.4) is 0 Å². The standard InChI is InChI=1S/C18H20FNO2/c1-13-5-3-4-6-14(13)11-17(21)20-12-18(2,22)15-7-9-16(19)10-8-15/h3-10,22H,11-12H2,1-2H3,(H,20,21). The SMILES string of the molecule is Cc1ccccc1CC(=O)NCC(C)(O)c1ccc(F)cc1. The number of hydrogen-bond acceptors (Lipinski definition) is 2. The number of halogens is 1. The summed E-state index contributed by atoms with van der Waals surface area (Å²) in [5.74, 6) is -0.514. The summed E-state index contributed by atoms with van der Waals surface area (Å²) in [4.78, 5) is 12.0. The van der Waals surface area contributed by atoms with Crippen LogP contribution < -0.4 is 5.32 Å². The molecule has 2 aromatic rings. The van der Waals surface area contributed by atoms with Crippen LogP contribution in [0.5, 0.6) is 0 Å². The second-order valence-corrected chi connectivity index (χ2v) is 5.66. The lowest BCUT2D eigenvalue weighted by Crippen LogP contribution is -2.39. The molecule has 0 aliphatic rings. The third-order valence-corrected chi connectivity index (χ3v) is 3.71. The Labute approximate surface area is 129 Å². The first-order valence-corrected chi connectivity index (χ1v) is 7.18. The quantitative estimate of drug-likeness (QED) is 0.892. The van der Waals surface area contributed by atoms with Crippen molar-refractivity contribution in [1.82, 2.24) is 5.32 Å². The first kappa shape index (κ1) is 16.2. The van der Waals surface area contributed by atoms with E-state index in [0.717, 1.165) is 11.1 Å². The largest absolute Gasteiger partial charge is 0.384 e. The van der Waals surface area contributed by atoms with Crippen LogP contribution in [-0.4, -0.2) is 17.6 Å². The number of nitrogens with one attached hydrogen (secondary N) is 1. The summed E-state index contributed by atoms with van der Waals surface area (Å²) < 4.78 is 12.9. The molecule has 2 rings (SSSR count). The van der Waals surface area contributed by atoms with Gasteiger partial charge in [0.2, 0.25) is 5.91 Å². The Morgan fingerprint density at radius 1 is 1.18 bits per heavy atom. The van der Waals surface area contributed by atoms with E-state index in [9.17, 15) is 14.3 Å². The molecule has 0 aromatic heterocycles. The molecule has 0 radical (unpaired) electrons. The van der Waals surface area contributed by atoms with Crippen molar-refractivity contribution >= 4 is 5.91 Å². The van der Waals surface area contributed by atoms with Crippen LogP contribution in [-0.2, 0) is 16.8 Å². The molecule has 1 unspecified atom stereocenters. The number of amides is 1. The molecular weight excluding hydrogens is 281 g/mol. The van der Waals surface area contributed by atoms with Crippen LogP contribution in [0, 0.1) is 12.7 Å². The summed E-state index contributed by atoms with van der Waals surface area (Å²) >= 11 is 0. The van der Waals surface area contributed by atoms with Crippen LogP contribution in [0.4, 0.5) is 4.39 Å². The van der Waals surface area contributed by atoms with Crippen molar-refractivity contribution in [1.29, 1.82) is 0 Å². The van der Waals surface area contributed by atoms with E-state index in [1.165, 1.54) is 24.3 Å². The molecule has 2 N–H and O–H groups in total. The van der Waals surface area contributed by atoms with Gasteiger partial charge in [0.05, 0.1) is 13.0 Å². The Balaban J connectivity index is 1.95. The minimum absolute atomic E-state index is 0.0728. The average Bonchev–Trinajstić information content (AvgIpc) is 2.48. The maximum Gasteiger partial charge on any atom is 0.224 e. The van der Waals surface area contributed by atoms with E-state index in [1.54, 1.807) is 6.92 Å². The van der Waals surface area contributed by atoms with E-state index in [2.05, 4.69) is 5.32 Å². The highest BCUT2D eigenvalue weighted by Gasteiger charge is 2.23. The highest BCUT2D eigenvalue weighted by molar-refractivity contribution is 5.79. The highest BCUT2D eigenvalue weighted by atomic mass is 19.1. The third kappa shape index (κ3) is 4.15. The lowest BCUT2D eigenvalue weighted by Gasteiger charge is -2.24. The van der Waals surface area contributed by atoms with Crippen molar-refractivity contribution in [3.63, 3.8) is 0 Å². The summed E-state index contributed by atoms with van der Waals surface area (Å²) in [7, 11) is 0. The Morgan fingerprint density at radius 3 is 2.45 bits per heavy atom. The number of aliphatic hydroxyl groups is 1. The number of benzene rings is 2. The van der Waals surface area contributed by atoms with Gasteiger partial charge in [-0.05, 0) is 42.7 Å².